The van der Waals surface area contributed by atoms with Crippen molar-refractivity contribution >= 4 is 23.2 Å². The number of hydrogen-bond acceptors (Lipinski definition) is 3. The van der Waals surface area contributed by atoms with Crippen molar-refractivity contribution in [3.05, 3.63) is 32.4 Å². The van der Waals surface area contributed by atoms with E-state index in [2.05, 4.69) is 9.98 Å². The van der Waals surface area contributed by atoms with Gasteiger partial charge in [0.2, 0.25) is 0 Å². The molecule has 0 saturated heterocycles. The standard InChI is InChI=1S/C12H11Cl2N3/c1-3-12(4-2)16-10-8(13)5-7(6-15)9(14)11(10)17-12/h5H,3-4H2,1-2H3. The van der Waals surface area contributed by atoms with Crippen molar-refractivity contribution in [3.8, 4) is 6.07 Å². The van der Waals surface area contributed by atoms with Crippen LogP contribution in [0.1, 0.15) is 32.3 Å². The summed E-state index contributed by atoms with van der Waals surface area (Å²) in [7, 11) is 0. The maximum absolute atomic E-state index is 8.95. The molecule has 0 unspecified atom stereocenters. The molecular formula is C12H11Cl2N3. The van der Waals surface area contributed by atoms with Gasteiger partial charge in [-0.2, -0.15) is 5.26 Å². The second-order valence-electron chi connectivity index (χ2n) is 3.94. The Hall–Kier alpha value is -1.11. The maximum atomic E-state index is 8.95. The van der Waals surface area contributed by atoms with Gasteiger partial charge in [-0.05, 0) is 18.9 Å². The molecule has 17 heavy (non-hydrogen) atoms. The Balaban J connectivity index is 2.84. The van der Waals surface area contributed by atoms with Gasteiger partial charge in [-0.3, -0.25) is 9.98 Å². The molecular weight excluding hydrogens is 257 g/mol. The third kappa shape index (κ3) is 1.82. The molecule has 0 N–H and O–H groups in total. The average molecular weight is 268 g/mol. The Morgan fingerprint density at radius 1 is 1.24 bits per heavy atom. The summed E-state index contributed by atoms with van der Waals surface area (Å²) in [5.41, 5.74) is -0.124. The summed E-state index contributed by atoms with van der Waals surface area (Å²) < 4.78 is 0. The van der Waals surface area contributed by atoms with E-state index in [0.29, 0.717) is 26.3 Å². The van der Waals surface area contributed by atoms with Crippen molar-refractivity contribution in [2.24, 2.45) is 9.98 Å². The third-order valence-corrected chi connectivity index (χ3v) is 3.73. The molecule has 1 aliphatic heterocycles. The minimum Gasteiger partial charge on any atom is -0.252 e. The SMILES string of the molecule is CCC1(CC)N=c2c(Cl)cc(C#N)c(Cl)c2=N1. The van der Waals surface area contributed by atoms with E-state index < -0.39 is 5.66 Å². The van der Waals surface area contributed by atoms with Gasteiger partial charge >= 0.3 is 0 Å². The highest BCUT2D eigenvalue weighted by Gasteiger charge is 2.29. The highest BCUT2D eigenvalue weighted by molar-refractivity contribution is 6.33. The monoisotopic (exact) mass is 267 g/mol. The molecule has 0 atom stereocenters. The van der Waals surface area contributed by atoms with Gasteiger partial charge in [0.1, 0.15) is 16.8 Å². The van der Waals surface area contributed by atoms with Crippen LogP contribution in [0.2, 0.25) is 10.0 Å². The molecule has 0 spiro atoms. The van der Waals surface area contributed by atoms with E-state index in [1.807, 2.05) is 19.9 Å². The lowest BCUT2D eigenvalue weighted by Gasteiger charge is -2.18. The molecule has 0 radical (unpaired) electrons. The largest absolute Gasteiger partial charge is 0.252 e. The van der Waals surface area contributed by atoms with Gasteiger partial charge in [0, 0.05) is 0 Å². The molecule has 0 amide bonds. The van der Waals surface area contributed by atoms with Crippen LogP contribution in [-0.2, 0) is 0 Å². The Morgan fingerprint density at radius 3 is 2.35 bits per heavy atom. The predicted octanol–water partition coefficient (Wildman–Crippen LogP) is 2.63. The molecule has 0 aromatic heterocycles. The van der Waals surface area contributed by atoms with Crippen LogP contribution in [0.15, 0.2) is 16.1 Å². The normalized spacial score (nSPS) is 15.7. The highest BCUT2D eigenvalue weighted by Crippen LogP contribution is 2.25. The summed E-state index contributed by atoms with van der Waals surface area (Å²) in [6.07, 6.45) is 1.57. The Kier molecular flexibility index (Phi) is 3.11. The van der Waals surface area contributed by atoms with Crippen LogP contribution >= 0.6 is 23.2 Å². The second kappa shape index (κ2) is 4.29. The Labute approximate surface area is 109 Å². The van der Waals surface area contributed by atoms with E-state index >= 15 is 0 Å². The minimum absolute atomic E-state index is 0.345. The van der Waals surface area contributed by atoms with Crippen LogP contribution in [0.3, 0.4) is 0 Å². The minimum atomic E-state index is -0.469. The Bertz CT molecular complexity index is 625. The quantitative estimate of drug-likeness (QED) is 0.813. The third-order valence-electron chi connectivity index (χ3n) is 3.06. The van der Waals surface area contributed by atoms with E-state index in [9.17, 15) is 0 Å². The number of hydrogen-bond donors (Lipinski definition) is 0. The number of benzene rings is 1. The maximum Gasteiger partial charge on any atom is 0.151 e. The smallest absolute Gasteiger partial charge is 0.151 e. The second-order valence-corrected chi connectivity index (χ2v) is 4.73. The van der Waals surface area contributed by atoms with Crippen LogP contribution in [0.25, 0.3) is 0 Å². The lowest BCUT2D eigenvalue weighted by molar-refractivity contribution is 0.416. The number of halogens is 2. The summed E-state index contributed by atoms with van der Waals surface area (Å²) in [6, 6.07) is 3.56. The van der Waals surface area contributed by atoms with Gasteiger partial charge in [0.05, 0.1) is 15.6 Å². The highest BCUT2D eigenvalue weighted by atomic mass is 35.5. The summed E-state index contributed by atoms with van der Waals surface area (Å²) >= 11 is 12.2. The lowest BCUT2D eigenvalue weighted by Crippen LogP contribution is -2.25. The molecule has 5 heteroatoms. The molecule has 88 valence electrons. The van der Waals surface area contributed by atoms with Gasteiger partial charge < -0.3 is 0 Å². The summed E-state index contributed by atoms with van der Waals surface area (Å²) in [5.74, 6) is 0. The zero-order valence-corrected chi connectivity index (χ0v) is 11.1. The van der Waals surface area contributed by atoms with E-state index in [-0.39, 0.29) is 0 Å². The fourth-order valence-electron chi connectivity index (χ4n) is 1.90. The summed E-state index contributed by atoms with van der Waals surface area (Å²) in [5, 5.41) is 10.9. The molecule has 3 nitrogen and oxygen atoms in total. The van der Waals surface area contributed by atoms with Crippen molar-refractivity contribution in [1.82, 2.24) is 0 Å². The molecule has 0 aliphatic carbocycles. The van der Waals surface area contributed by atoms with E-state index in [4.69, 9.17) is 28.5 Å². The Morgan fingerprint density at radius 2 is 1.82 bits per heavy atom. The number of fused-ring (bicyclic) bond motifs is 1. The average Bonchev–Trinajstić information content (AvgIpc) is 2.75. The first kappa shape index (κ1) is 12.3. The fourth-order valence-corrected chi connectivity index (χ4v) is 2.37. The zero-order valence-electron chi connectivity index (χ0n) is 9.59. The summed E-state index contributed by atoms with van der Waals surface area (Å²) in [6.45, 7) is 4.05. The van der Waals surface area contributed by atoms with Crippen molar-refractivity contribution in [2.75, 3.05) is 0 Å². The van der Waals surface area contributed by atoms with Crippen LogP contribution < -0.4 is 10.7 Å². The molecule has 1 aliphatic rings. The molecule has 2 rings (SSSR count). The first-order chi connectivity index (χ1) is 8.06. The number of nitriles is 1. The van der Waals surface area contributed by atoms with Gasteiger partial charge in [-0.1, -0.05) is 37.0 Å². The zero-order chi connectivity index (χ0) is 12.6. The number of rotatable bonds is 2. The van der Waals surface area contributed by atoms with Crippen molar-refractivity contribution < 1.29 is 0 Å². The lowest BCUT2D eigenvalue weighted by atomic mass is 10.1. The molecule has 1 aromatic carbocycles. The van der Waals surface area contributed by atoms with Crippen molar-refractivity contribution in [3.63, 3.8) is 0 Å². The van der Waals surface area contributed by atoms with Crippen LogP contribution in [0.4, 0.5) is 0 Å². The fraction of sp³-hybridized carbons (Fsp3) is 0.417. The van der Waals surface area contributed by atoms with E-state index in [1.165, 1.54) is 0 Å². The van der Waals surface area contributed by atoms with Gasteiger partial charge in [0.15, 0.2) is 5.66 Å². The van der Waals surface area contributed by atoms with Crippen molar-refractivity contribution in [1.29, 1.82) is 5.26 Å². The van der Waals surface area contributed by atoms with Gasteiger partial charge in [-0.25, -0.2) is 0 Å². The topological polar surface area (TPSA) is 48.5 Å². The van der Waals surface area contributed by atoms with E-state index in [1.54, 1.807) is 6.07 Å². The van der Waals surface area contributed by atoms with Gasteiger partial charge in [-0.15, -0.1) is 0 Å². The van der Waals surface area contributed by atoms with Crippen LogP contribution in [-0.4, -0.2) is 5.66 Å². The number of nitrogens with zero attached hydrogens (tertiary/aromatic N) is 3. The predicted molar refractivity (Wildman–Crippen MR) is 66.8 cm³/mol. The van der Waals surface area contributed by atoms with Gasteiger partial charge in [0.25, 0.3) is 0 Å². The first-order valence-electron chi connectivity index (χ1n) is 5.44. The van der Waals surface area contributed by atoms with Crippen LogP contribution in [0, 0.1) is 11.3 Å². The molecule has 1 aromatic rings. The van der Waals surface area contributed by atoms with Crippen LogP contribution in [0.5, 0.6) is 0 Å². The van der Waals surface area contributed by atoms with E-state index in [0.717, 1.165) is 12.8 Å². The molecule has 1 heterocycles. The molecule has 0 saturated carbocycles. The van der Waals surface area contributed by atoms with Crippen molar-refractivity contribution in [2.45, 2.75) is 32.4 Å². The summed E-state index contributed by atoms with van der Waals surface area (Å²) in [4.78, 5) is 9.12. The first-order valence-corrected chi connectivity index (χ1v) is 6.20. The molecule has 0 fully saturated rings. The molecule has 0 bridgehead atoms.